The first kappa shape index (κ1) is 9.35. The van der Waals surface area contributed by atoms with Gasteiger partial charge in [0.15, 0.2) is 5.65 Å². The van der Waals surface area contributed by atoms with Crippen LogP contribution in [0.2, 0.25) is 0 Å². The molecule has 4 aromatic heterocycles. The number of fused-ring (bicyclic) bond motifs is 2. The number of nitrogens with one attached hydrogen (secondary N) is 2. The van der Waals surface area contributed by atoms with Gasteiger partial charge in [0.25, 0.3) is 0 Å². The summed E-state index contributed by atoms with van der Waals surface area (Å²) in [4.78, 5) is 19.3. The van der Waals surface area contributed by atoms with Crippen molar-refractivity contribution < 1.29 is 0 Å². The lowest BCUT2D eigenvalue weighted by atomic mass is 10.1. The van der Waals surface area contributed by atoms with E-state index in [1.807, 2.05) is 30.7 Å². The van der Waals surface area contributed by atoms with Crippen molar-refractivity contribution in [1.29, 1.82) is 0 Å². The molecule has 5 heteroatoms. The zero-order valence-corrected chi connectivity index (χ0v) is 9.38. The summed E-state index contributed by atoms with van der Waals surface area (Å²) in [5.74, 6) is 0. The topological polar surface area (TPSA) is 70.2 Å². The van der Waals surface area contributed by atoms with E-state index in [-0.39, 0.29) is 0 Å². The van der Waals surface area contributed by atoms with Gasteiger partial charge in [-0.25, -0.2) is 9.97 Å². The lowest BCUT2D eigenvalue weighted by molar-refractivity contribution is 1.26. The van der Waals surface area contributed by atoms with Gasteiger partial charge in [-0.1, -0.05) is 0 Å². The molecule has 0 bridgehead atoms. The van der Waals surface area contributed by atoms with Crippen molar-refractivity contribution in [2.24, 2.45) is 0 Å². The average Bonchev–Trinajstić information content (AvgIpc) is 3.04. The van der Waals surface area contributed by atoms with Gasteiger partial charge in [0.1, 0.15) is 5.52 Å². The number of pyridine rings is 1. The van der Waals surface area contributed by atoms with E-state index in [9.17, 15) is 0 Å². The van der Waals surface area contributed by atoms with Crippen LogP contribution in [0.4, 0.5) is 0 Å². The largest absolute Gasteiger partial charge is 0.360 e. The van der Waals surface area contributed by atoms with Gasteiger partial charge in [0, 0.05) is 41.3 Å². The van der Waals surface area contributed by atoms with E-state index in [1.165, 1.54) is 0 Å². The van der Waals surface area contributed by atoms with Gasteiger partial charge in [0.2, 0.25) is 0 Å². The van der Waals surface area contributed by atoms with Gasteiger partial charge in [-0.15, -0.1) is 0 Å². The molecule has 4 rings (SSSR count). The standard InChI is InChI=1S/C13H9N5/c1-3-14-5-8-9(6-16-10(1)8)12-7-17-13-11(18-12)2-4-15-13/h1-7,16H,(H,15,17). The Morgan fingerprint density at radius 2 is 2.06 bits per heavy atom. The summed E-state index contributed by atoms with van der Waals surface area (Å²) in [7, 11) is 0. The summed E-state index contributed by atoms with van der Waals surface area (Å²) in [5.41, 5.74) is 4.59. The average molecular weight is 235 g/mol. The minimum atomic E-state index is 0.803. The van der Waals surface area contributed by atoms with Gasteiger partial charge >= 0.3 is 0 Å². The van der Waals surface area contributed by atoms with E-state index in [0.29, 0.717) is 0 Å². The number of nitrogens with zero attached hydrogens (tertiary/aromatic N) is 3. The van der Waals surface area contributed by atoms with Crippen LogP contribution in [0.25, 0.3) is 33.3 Å². The lowest BCUT2D eigenvalue weighted by Gasteiger charge is -1.98. The maximum absolute atomic E-state index is 4.59. The predicted octanol–water partition coefficient (Wildman–Crippen LogP) is 2.50. The van der Waals surface area contributed by atoms with E-state index in [1.54, 1.807) is 12.4 Å². The van der Waals surface area contributed by atoms with Gasteiger partial charge in [-0.3, -0.25) is 4.98 Å². The van der Waals surface area contributed by atoms with Gasteiger partial charge in [0.05, 0.1) is 11.9 Å². The lowest BCUT2D eigenvalue weighted by Crippen LogP contribution is -1.86. The number of hydrogen-bond donors (Lipinski definition) is 2. The number of H-pyrrole nitrogens is 2. The molecule has 0 spiro atoms. The van der Waals surface area contributed by atoms with Crippen molar-refractivity contribution in [3.63, 3.8) is 0 Å². The SMILES string of the molecule is c1cc2[nH]cc(-c3cnc4[nH]ccc4n3)c2cn1. The molecule has 0 unspecified atom stereocenters. The molecule has 0 saturated heterocycles. The van der Waals surface area contributed by atoms with Crippen molar-refractivity contribution in [2.45, 2.75) is 0 Å². The van der Waals surface area contributed by atoms with Crippen LogP contribution in [-0.4, -0.2) is 24.9 Å². The maximum Gasteiger partial charge on any atom is 0.156 e. The molecule has 4 aromatic rings. The maximum atomic E-state index is 4.59. The molecule has 4 heterocycles. The highest BCUT2D eigenvalue weighted by Crippen LogP contribution is 2.26. The van der Waals surface area contributed by atoms with Gasteiger partial charge in [-0.2, -0.15) is 0 Å². The van der Waals surface area contributed by atoms with E-state index < -0.39 is 0 Å². The summed E-state index contributed by atoms with van der Waals surface area (Å²) >= 11 is 0. The number of hydrogen-bond acceptors (Lipinski definition) is 3. The highest BCUT2D eigenvalue weighted by atomic mass is 14.9. The zero-order valence-electron chi connectivity index (χ0n) is 9.38. The summed E-state index contributed by atoms with van der Waals surface area (Å²) < 4.78 is 0. The second-order valence-electron chi connectivity index (χ2n) is 4.09. The summed E-state index contributed by atoms with van der Waals surface area (Å²) in [6, 6.07) is 3.86. The molecule has 0 aliphatic carbocycles. The third-order valence-corrected chi connectivity index (χ3v) is 3.02. The summed E-state index contributed by atoms with van der Waals surface area (Å²) in [5, 5.41) is 1.06. The molecular weight excluding hydrogens is 226 g/mol. The van der Waals surface area contributed by atoms with Crippen LogP contribution >= 0.6 is 0 Å². The Hall–Kier alpha value is -2.69. The molecule has 0 aromatic carbocycles. The minimum Gasteiger partial charge on any atom is -0.360 e. The molecule has 0 fully saturated rings. The molecule has 0 aliphatic rings. The second kappa shape index (κ2) is 3.40. The zero-order chi connectivity index (χ0) is 11.9. The van der Waals surface area contributed by atoms with Crippen LogP contribution in [0.5, 0.6) is 0 Å². The number of aromatic amines is 2. The fourth-order valence-corrected chi connectivity index (χ4v) is 2.13. The van der Waals surface area contributed by atoms with E-state index in [4.69, 9.17) is 0 Å². The van der Waals surface area contributed by atoms with Crippen LogP contribution < -0.4 is 0 Å². The Balaban J connectivity index is 2.00. The van der Waals surface area contributed by atoms with Crippen LogP contribution in [0, 0.1) is 0 Å². The Bertz CT molecular complexity index is 842. The van der Waals surface area contributed by atoms with Crippen LogP contribution in [0.1, 0.15) is 0 Å². The number of rotatable bonds is 1. The van der Waals surface area contributed by atoms with Crippen molar-refractivity contribution >= 4 is 22.1 Å². The molecular formula is C13H9N5. The fraction of sp³-hybridized carbons (Fsp3) is 0. The predicted molar refractivity (Wildman–Crippen MR) is 69.0 cm³/mol. The van der Waals surface area contributed by atoms with Gasteiger partial charge in [-0.05, 0) is 12.1 Å². The molecule has 5 nitrogen and oxygen atoms in total. The van der Waals surface area contributed by atoms with E-state index in [2.05, 4.69) is 24.9 Å². The first-order valence-corrected chi connectivity index (χ1v) is 5.63. The van der Waals surface area contributed by atoms with Crippen molar-refractivity contribution in [3.05, 3.63) is 43.1 Å². The molecule has 18 heavy (non-hydrogen) atoms. The van der Waals surface area contributed by atoms with E-state index in [0.717, 1.165) is 33.3 Å². The van der Waals surface area contributed by atoms with Crippen LogP contribution in [0.3, 0.4) is 0 Å². The number of aromatic nitrogens is 5. The molecule has 0 saturated carbocycles. The fourth-order valence-electron chi connectivity index (χ4n) is 2.13. The monoisotopic (exact) mass is 235 g/mol. The minimum absolute atomic E-state index is 0.803. The first-order chi connectivity index (χ1) is 8.92. The molecule has 0 amide bonds. The molecule has 2 N–H and O–H groups in total. The normalized spacial score (nSPS) is 11.3. The van der Waals surface area contributed by atoms with Crippen molar-refractivity contribution in [2.75, 3.05) is 0 Å². The van der Waals surface area contributed by atoms with Crippen LogP contribution in [-0.2, 0) is 0 Å². The third kappa shape index (κ3) is 1.24. The summed E-state index contributed by atoms with van der Waals surface area (Å²) in [6.45, 7) is 0. The Morgan fingerprint density at radius 1 is 1.06 bits per heavy atom. The smallest absolute Gasteiger partial charge is 0.156 e. The van der Waals surface area contributed by atoms with Crippen molar-refractivity contribution in [1.82, 2.24) is 24.9 Å². The second-order valence-corrected chi connectivity index (χ2v) is 4.09. The van der Waals surface area contributed by atoms with Crippen LogP contribution in [0.15, 0.2) is 43.1 Å². The molecule has 0 atom stereocenters. The summed E-state index contributed by atoms with van der Waals surface area (Å²) in [6.07, 6.45) is 9.16. The van der Waals surface area contributed by atoms with Crippen molar-refractivity contribution in [3.8, 4) is 11.3 Å². The first-order valence-electron chi connectivity index (χ1n) is 5.63. The van der Waals surface area contributed by atoms with Gasteiger partial charge < -0.3 is 9.97 Å². The van der Waals surface area contributed by atoms with E-state index >= 15 is 0 Å². The Morgan fingerprint density at radius 3 is 3.06 bits per heavy atom. The molecule has 0 radical (unpaired) electrons. The quantitative estimate of drug-likeness (QED) is 0.532. The Kier molecular flexibility index (Phi) is 1.77. The highest BCUT2D eigenvalue weighted by Gasteiger charge is 2.08. The highest BCUT2D eigenvalue weighted by molar-refractivity contribution is 5.94. The molecule has 86 valence electrons. The third-order valence-electron chi connectivity index (χ3n) is 3.02. The molecule has 0 aliphatic heterocycles. The Labute approximate surface area is 102 Å².